The number of benzene rings is 3. The molecule has 6 nitrogen and oxygen atoms in total. The maximum absolute atomic E-state index is 12.5. The van der Waals surface area contributed by atoms with Crippen molar-refractivity contribution in [2.45, 2.75) is 0 Å². The lowest BCUT2D eigenvalue weighted by atomic mass is 10.2. The van der Waals surface area contributed by atoms with Crippen molar-refractivity contribution in [1.29, 1.82) is 0 Å². The number of halogens is 1. The molecule has 3 aromatic rings. The number of carbonyl (C=O) groups is 2. The molecule has 3 aromatic carbocycles. The number of amides is 2. The molecule has 2 N–H and O–H groups in total. The molecule has 0 aromatic heterocycles. The van der Waals surface area contributed by atoms with Gasteiger partial charge >= 0.3 is 0 Å². The molecule has 0 bridgehead atoms. The minimum atomic E-state index is -0.329. The Morgan fingerprint density at radius 2 is 1.42 bits per heavy atom. The molecule has 0 fully saturated rings. The molecule has 0 aliphatic heterocycles. The van der Waals surface area contributed by atoms with E-state index >= 15 is 0 Å². The fourth-order valence-electron chi connectivity index (χ4n) is 2.80. The Balaban J connectivity index is 1.78. The quantitative estimate of drug-likeness (QED) is 0.445. The number of nitrogens with one attached hydrogen (secondary N) is 2. The maximum atomic E-state index is 12.5. The summed E-state index contributed by atoms with van der Waals surface area (Å²) in [6.45, 7) is 0. The lowest BCUT2D eigenvalue weighted by Crippen LogP contribution is -2.14. The van der Waals surface area contributed by atoms with Gasteiger partial charge in [-0.3, -0.25) is 9.59 Å². The van der Waals surface area contributed by atoms with Crippen molar-refractivity contribution < 1.29 is 19.1 Å². The van der Waals surface area contributed by atoms with Crippen LogP contribution in [0.2, 0.25) is 0 Å². The summed E-state index contributed by atoms with van der Waals surface area (Å²) < 4.78 is 11.8. The Morgan fingerprint density at radius 3 is 2.00 bits per heavy atom. The predicted octanol–water partition coefficient (Wildman–Crippen LogP) is 5.37. The molecule has 0 radical (unpaired) electrons. The number of ether oxygens (including phenoxy) is 2. The first-order valence-corrected chi connectivity index (χ1v) is 10.2. The first kappa shape index (κ1) is 22.1. The first-order chi connectivity index (χ1) is 15.0. The van der Waals surface area contributed by atoms with Gasteiger partial charge in [-0.2, -0.15) is 0 Å². The highest BCUT2D eigenvalue weighted by molar-refractivity contribution is 9.10. The number of anilines is 2. The van der Waals surface area contributed by atoms with Crippen LogP contribution >= 0.6 is 15.9 Å². The molecule has 0 heterocycles. The summed E-state index contributed by atoms with van der Waals surface area (Å²) in [4.78, 5) is 24.9. The SMILES string of the molecule is COc1cc(NC(=O)c2ccccc2)c(OC)cc1NC(=O)/C=C/c1ccc(Br)cc1. The predicted molar refractivity (Wildman–Crippen MR) is 126 cm³/mol. The normalized spacial score (nSPS) is 10.5. The summed E-state index contributed by atoms with van der Waals surface area (Å²) in [6, 6.07) is 19.6. The van der Waals surface area contributed by atoms with Crippen LogP contribution in [0.15, 0.2) is 77.3 Å². The van der Waals surface area contributed by atoms with Crippen LogP contribution in [-0.2, 0) is 4.79 Å². The van der Waals surface area contributed by atoms with Gasteiger partial charge in [-0.05, 0) is 35.9 Å². The Labute approximate surface area is 189 Å². The van der Waals surface area contributed by atoms with Crippen molar-refractivity contribution in [1.82, 2.24) is 0 Å². The van der Waals surface area contributed by atoms with E-state index in [1.165, 1.54) is 20.3 Å². The second-order valence-electron chi connectivity index (χ2n) is 6.45. The van der Waals surface area contributed by atoms with E-state index in [4.69, 9.17) is 9.47 Å². The molecule has 2 amide bonds. The van der Waals surface area contributed by atoms with Crippen molar-refractivity contribution in [3.8, 4) is 11.5 Å². The van der Waals surface area contributed by atoms with E-state index in [0.29, 0.717) is 28.4 Å². The molecule has 0 unspecified atom stereocenters. The van der Waals surface area contributed by atoms with E-state index in [-0.39, 0.29) is 11.8 Å². The van der Waals surface area contributed by atoms with E-state index in [0.717, 1.165) is 10.0 Å². The number of hydrogen-bond acceptors (Lipinski definition) is 4. The van der Waals surface area contributed by atoms with Gasteiger partial charge in [0.2, 0.25) is 5.91 Å². The summed E-state index contributed by atoms with van der Waals surface area (Å²) in [5.74, 6) is 0.159. The van der Waals surface area contributed by atoms with E-state index in [2.05, 4.69) is 26.6 Å². The summed E-state index contributed by atoms with van der Waals surface area (Å²) in [7, 11) is 2.97. The molecule has 0 saturated heterocycles. The van der Waals surface area contributed by atoms with Crippen LogP contribution in [0.1, 0.15) is 15.9 Å². The fraction of sp³-hybridized carbons (Fsp3) is 0.0833. The van der Waals surface area contributed by atoms with Crippen molar-refractivity contribution in [3.05, 3.63) is 88.4 Å². The molecule has 158 valence electrons. The summed E-state index contributed by atoms with van der Waals surface area (Å²) in [5.41, 5.74) is 2.25. The largest absolute Gasteiger partial charge is 0.494 e. The molecular weight excluding hydrogens is 460 g/mol. The second kappa shape index (κ2) is 10.4. The van der Waals surface area contributed by atoms with Gasteiger partial charge in [0, 0.05) is 28.2 Å². The Kier molecular flexibility index (Phi) is 7.45. The Morgan fingerprint density at radius 1 is 0.839 bits per heavy atom. The van der Waals surface area contributed by atoms with Crippen LogP contribution in [-0.4, -0.2) is 26.0 Å². The zero-order valence-corrected chi connectivity index (χ0v) is 18.6. The molecule has 7 heteroatoms. The molecule has 0 atom stereocenters. The zero-order chi connectivity index (χ0) is 22.2. The molecule has 0 spiro atoms. The highest BCUT2D eigenvalue weighted by atomic mass is 79.9. The minimum Gasteiger partial charge on any atom is -0.494 e. The standard InChI is InChI=1S/C24H21BrN2O4/c1-30-21-15-20(27-24(29)17-6-4-3-5-7-17)22(31-2)14-19(21)26-23(28)13-10-16-8-11-18(25)12-9-16/h3-15H,1-2H3,(H,26,28)(H,27,29)/b13-10+. The smallest absolute Gasteiger partial charge is 0.255 e. The van der Waals surface area contributed by atoms with Gasteiger partial charge in [-0.15, -0.1) is 0 Å². The first-order valence-electron chi connectivity index (χ1n) is 9.37. The topological polar surface area (TPSA) is 76.7 Å². The number of methoxy groups -OCH3 is 2. The third-order valence-electron chi connectivity index (χ3n) is 4.36. The highest BCUT2D eigenvalue weighted by Gasteiger charge is 2.15. The van der Waals surface area contributed by atoms with Gasteiger partial charge in [0.05, 0.1) is 25.6 Å². The van der Waals surface area contributed by atoms with Gasteiger partial charge in [-0.1, -0.05) is 46.3 Å². The van der Waals surface area contributed by atoms with Crippen LogP contribution in [0.5, 0.6) is 11.5 Å². The van der Waals surface area contributed by atoms with Gasteiger partial charge in [0.25, 0.3) is 5.91 Å². The lowest BCUT2D eigenvalue weighted by molar-refractivity contribution is -0.111. The van der Waals surface area contributed by atoms with Crippen LogP contribution in [0.3, 0.4) is 0 Å². The third kappa shape index (κ3) is 5.96. The van der Waals surface area contributed by atoms with Gasteiger partial charge in [-0.25, -0.2) is 0 Å². The highest BCUT2D eigenvalue weighted by Crippen LogP contribution is 2.36. The lowest BCUT2D eigenvalue weighted by Gasteiger charge is -2.16. The number of carbonyl (C=O) groups excluding carboxylic acids is 2. The van der Waals surface area contributed by atoms with Crippen LogP contribution < -0.4 is 20.1 Å². The molecule has 0 aliphatic carbocycles. The van der Waals surface area contributed by atoms with Gasteiger partial charge in [0.1, 0.15) is 11.5 Å². The van der Waals surface area contributed by atoms with Crippen molar-refractivity contribution >= 4 is 45.2 Å². The second-order valence-corrected chi connectivity index (χ2v) is 7.36. The molecule has 0 saturated carbocycles. The van der Waals surface area contributed by atoms with Crippen LogP contribution in [0.4, 0.5) is 11.4 Å². The maximum Gasteiger partial charge on any atom is 0.255 e. The van der Waals surface area contributed by atoms with E-state index in [9.17, 15) is 9.59 Å². The zero-order valence-electron chi connectivity index (χ0n) is 17.0. The molecule has 0 aliphatic rings. The Hall–Kier alpha value is -3.58. The minimum absolute atomic E-state index is 0.282. The fourth-order valence-corrected chi connectivity index (χ4v) is 3.06. The number of rotatable bonds is 7. The van der Waals surface area contributed by atoms with Crippen LogP contribution in [0, 0.1) is 0 Å². The van der Waals surface area contributed by atoms with Crippen molar-refractivity contribution in [2.24, 2.45) is 0 Å². The van der Waals surface area contributed by atoms with E-state index in [1.54, 1.807) is 42.5 Å². The third-order valence-corrected chi connectivity index (χ3v) is 4.89. The van der Waals surface area contributed by atoms with Crippen molar-refractivity contribution in [2.75, 3.05) is 24.9 Å². The van der Waals surface area contributed by atoms with Gasteiger partial charge < -0.3 is 20.1 Å². The summed E-state index contributed by atoms with van der Waals surface area (Å²) in [5, 5.41) is 5.59. The monoisotopic (exact) mass is 480 g/mol. The average Bonchev–Trinajstić information content (AvgIpc) is 2.79. The number of hydrogen-bond donors (Lipinski definition) is 2. The van der Waals surface area contributed by atoms with Gasteiger partial charge in [0.15, 0.2) is 0 Å². The molecule has 31 heavy (non-hydrogen) atoms. The summed E-state index contributed by atoms with van der Waals surface area (Å²) in [6.07, 6.45) is 3.14. The van der Waals surface area contributed by atoms with Crippen LogP contribution in [0.25, 0.3) is 6.08 Å². The molecular formula is C24H21BrN2O4. The van der Waals surface area contributed by atoms with E-state index < -0.39 is 0 Å². The molecule has 3 rings (SSSR count). The van der Waals surface area contributed by atoms with Crippen molar-refractivity contribution in [3.63, 3.8) is 0 Å². The summed E-state index contributed by atoms with van der Waals surface area (Å²) >= 11 is 3.38. The van der Waals surface area contributed by atoms with E-state index in [1.807, 2.05) is 30.3 Å². The Bertz CT molecular complexity index is 1100. The average molecular weight is 481 g/mol.